The van der Waals surface area contributed by atoms with Crippen molar-refractivity contribution in [2.45, 2.75) is 32.6 Å². The van der Waals surface area contributed by atoms with Gasteiger partial charge in [0.25, 0.3) is 0 Å². The lowest BCUT2D eigenvalue weighted by molar-refractivity contribution is -0.159. The fourth-order valence-electron chi connectivity index (χ4n) is 2.85. The van der Waals surface area contributed by atoms with E-state index < -0.39 is 39.8 Å². The highest BCUT2D eigenvalue weighted by Gasteiger charge is 2.28. The Labute approximate surface area is 186 Å². The molecule has 0 aliphatic rings. The highest BCUT2D eigenvalue weighted by molar-refractivity contribution is 7.90. The van der Waals surface area contributed by atoms with E-state index in [1.54, 1.807) is 20.8 Å². The Morgan fingerprint density at radius 2 is 1.75 bits per heavy atom. The predicted molar refractivity (Wildman–Crippen MR) is 113 cm³/mol. The minimum atomic E-state index is -3.76. The van der Waals surface area contributed by atoms with Crippen molar-refractivity contribution in [2.24, 2.45) is 12.5 Å². The van der Waals surface area contributed by atoms with Crippen LogP contribution >= 0.6 is 0 Å². The van der Waals surface area contributed by atoms with Crippen molar-refractivity contribution in [1.82, 2.24) is 9.78 Å². The van der Waals surface area contributed by atoms with Gasteiger partial charge < -0.3 is 14.2 Å². The predicted octanol–water partition coefficient (Wildman–Crippen LogP) is 2.08. The molecular formula is C21H26N2O8S. The number of ketones is 1. The minimum absolute atomic E-state index is 0.0444. The minimum Gasteiger partial charge on any atom is -0.465 e. The van der Waals surface area contributed by atoms with Gasteiger partial charge in [0.15, 0.2) is 15.6 Å². The Morgan fingerprint density at radius 1 is 1.12 bits per heavy atom. The zero-order chi connectivity index (χ0) is 24.4. The summed E-state index contributed by atoms with van der Waals surface area (Å²) in [6.45, 7) is 6.09. The summed E-state index contributed by atoms with van der Waals surface area (Å²) >= 11 is 0. The first-order valence-corrected chi connectivity index (χ1v) is 11.4. The van der Waals surface area contributed by atoms with Crippen molar-refractivity contribution in [3.63, 3.8) is 0 Å². The molecule has 32 heavy (non-hydrogen) atoms. The fraction of sp³-hybridized carbons (Fsp3) is 0.429. The monoisotopic (exact) mass is 466 g/mol. The van der Waals surface area contributed by atoms with Gasteiger partial charge in [-0.2, -0.15) is 5.10 Å². The number of benzene rings is 1. The number of aryl methyl sites for hydroxylation is 1. The molecule has 0 aliphatic heterocycles. The summed E-state index contributed by atoms with van der Waals surface area (Å²) in [5.74, 6) is -1.88. The van der Waals surface area contributed by atoms with E-state index >= 15 is 0 Å². The number of esters is 2. The summed E-state index contributed by atoms with van der Waals surface area (Å²) in [6.07, 6.45) is 2.23. The number of nitrogens with zero attached hydrogens (tertiary/aromatic N) is 2. The third kappa shape index (κ3) is 5.16. The average Bonchev–Trinajstić information content (AvgIpc) is 3.05. The van der Waals surface area contributed by atoms with Crippen LogP contribution in [0.2, 0.25) is 0 Å². The van der Waals surface area contributed by atoms with Gasteiger partial charge in [0, 0.05) is 18.9 Å². The zero-order valence-electron chi connectivity index (χ0n) is 19.0. The average molecular weight is 467 g/mol. The SMILES string of the molecule is COC(=O)c1c(S(C)(=O)=O)ccc(C(=O)c2cnn(C)c2OCOC(=O)C(C)(C)C)c1C. The summed E-state index contributed by atoms with van der Waals surface area (Å²) < 4.78 is 40.8. The zero-order valence-corrected chi connectivity index (χ0v) is 19.8. The molecular weight excluding hydrogens is 440 g/mol. The maximum absolute atomic E-state index is 13.2. The molecule has 2 rings (SSSR count). The number of methoxy groups -OCH3 is 1. The van der Waals surface area contributed by atoms with Crippen molar-refractivity contribution >= 4 is 27.6 Å². The molecule has 0 bridgehead atoms. The molecule has 0 saturated carbocycles. The van der Waals surface area contributed by atoms with Crippen LogP contribution in [-0.2, 0) is 31.2 Å². The van der Waals surface area contributed by atoms with Crippen LogP contribution in [0.5, 0.6) is 5.88 Å². The van der Waals surface area contributed by atoms with Crippen LogP contribution in [0.1, 0.15) is 52.6 Å². The normalized spacial score (nSPS) is 11.7. The molecule has 2 aromatic rings. The van der Waals surface area contributed by atoms with Gasteiger partial charge in [0.2, 0.25) is 12.7 Å². The van der Waals surface area contributed by atoms with Crippen LogP contribution in [0.25, 0.3) is 0 Å². The number of sulfone groups is 1. The lowest BCUT2D eigenvalue weighted by Gasteiger charge is -2.17. The van der Waals surface area contributed by atoms with E-state index in [1.165, 1.54) is 37.0 Å². The second-order valence-corrected chi connectivity index (χ2v) is 10.1. The number of hydrogen-bond acceptors (Lipinski definition) is 9. The first kappa shape index (κ1) is 25.1. The van der Waals surface area contributed by atoms with Crippen molar-refractivity contribution < 1.29 is 37.0 Å². The molecule has 11 heteroatoms. The molecule has 0 N–H and O–H groups in total. The molecule has 1 aromatic heterocycles. The Kier molecular flexibility index (Phi) is 7.13. The highest BCUT2D eigenvalue weighted by Crippen LogP contribution is 2.28. The highest BCUT2D eigenvalue weighted by atomic mass is 32.2. The standard InChI is InChI=1S/C21H26N2O8S/c1-12-13(8-9-15(32(7,27)28)16(12)19(25)29-6)17(24)14-10-22-23(5)18(14)30-11-31-20(26)21(2,3)4/h8-10H,11H2,1-7H3. The second-order valence-electron chi connectivity index (χ2n) is 8.14. The fourth-order valence-corrected chi connectivity index (χ4v) is 3.77. The second kappa shape index (κ2) is 9.11. The molecule has 0 atom stereocenters. The molecule has 174 valence electrons. The van der Waals surface area contributed by atoms with Gasteiger partial charge in [-0.3, -0.25) is 9.59 Å². The third-order valence-corrected chi connectivity index (χ3v) is 5.73. The molecule has 1 aromatic carbocycles. The summed E-state index contributed by atoms with van der Waals surface area (Å²) in [5.41, 5.74) is -0.685. The molecule has 0 fully saturated rings. The van der Waals surface area contributed by atoms with Gasteiger partial charge in [-0.1, -0.05) is 0 Å². The van der Waals surface area contributed by atoms with Gasteiger partial charge in [0.1, 0.15) is 5.56 Å². The van der Waals surface area contributed by atoms with Crippen LogP contribution in [0.3, 0.4) is 0 Å². The van der Waals surface area contributed by atoms with Gasteiger partial charge in [-0.15, -0.1) is 0 Å². The largest absolute Gasteiger partial charge is 0.465 e. The van der Waals surface area contributed by atoms with E-state index in [0.717, 1.165) is 13.4 Å². The Hall–Kier alpha value is -3.21. The van der Waals surface area contributed by atoms with E-state index in [1.807, 2.05) is 0 Å². The van der Waals surface area contributed by atoms with Gasteiger partial charge >= 0.3 is 11.9 Å². The van der Waals surface area contributed by atoms with Crippen LogP contribution in [0.15, 0.2) is 23.2 Å². The topological polar surface area (TPSA) is 131 Å². The number of aromatic nitrogens is 2. The van der Waals surface area contributed by atoms with Crippen molar-refractivity contribution in [3.8, 4) is 5.88 Å². The van der Waals surface area contributed by atoms with E-state index in [-0.39, 0.29) is 33.0 Å². The van der Waals surface area contributed by atoms with Crippen molar-refractivity contribution in [2.75, 3.05) is 20.2 Å². The van der Waals surface area contributed by atoms with Crippen LogP contribution in [-0.4, -0.2) is 56.1 Å². The number of carbonyl (C=O) groups is 3. The first-order chi connectivity index (χ1) is 14.7. The van der Waals surface area contributed by atoms with Crippen molar-refractivity contribution in [3.05, 3.63) is 40.6 Å². The Morgan fingerprint density at radius 3 is 2.28 bits per heavy atom. The molecule has 0 amide bonds. The van der Waals surface area contributed by atoms with Gasteiger partial charge in [-0.25, -0.2) is 17.9 Å². The number of ether oxygens (including phenoxy) is 3. The third-order valence-electron chi connectivity index (χ3n) is 4.59. The quantitative estimate of drug-likeness (QED) is 0.342. The van der Waals surface area contributed by atoms with E-state index in [2.05, 4.69) is 5.10 Å². The summed E-state index contributed by atoms with van der Waals surface area (Å²) in [5, 5.41) is 4.01. The van der Waals surface area contributed by atoms with Gasteiger partial charge in [-0.05, 0) is 45.4 Å². The van der Waals surface area contributed by atoms with Crippen LogP contribution < -0.4 is 4.74 Å². The smallest absolute Gasteiger partial charge is 0.339 e. The molecule has 10 nitrogen and oxygen atoms in total. The van der Waals surface area contributed by atoms with Crippen LogP contribution in [0, 0.1) is 12.3 Å². The van der Waals surface area contributed by atoms with E-state index in [9.17, 15) is 22.8 Å². The molecule has 0 spiro atoms. The molecule has 0 saturated heterocycles. The number of carbonyl (C=O) groups excluding carboxylic acids is 3. The lowest BCUT2D eigenvalue weighted by Crippen LogP contribution is -2.25. The molecule has 1 heterocycles. The molecule has 0 unspecified atom stereocenters. The summed E-state index contributed by atoms with van der Waals surface area (Å²) in [6, 6.07) is 2.50. The number of hydrogen-bond donors (Lipinski definition) is 0. The maximum Gasteiger partial charge on any atom is 0.339 e. The maximum atomic E-state index is 13.2. The Balaban J connectivity index is 2.45. The summed E-state index contributed by atoms with van der Waals surface area (Å²) in [4.78, 5) is 37.2. The summed E-state index contributed by atoms with van der Waals surface area (Å²) in [7, 11) is -1.10. The number of rotatable bonds is 7. The Bertz CT molecular complexity index is 1170. The van der Waals surface area contributed by atoms with Crippen LogP contribution in [0.4, 0.5) is 0 Å². The van der Waals surface area contributed by atoms with E-state index in [0.29, 0.717) is 0 Å². The first-order valence-electron chi connectivity index (χ1n) is 9.48. The lowest BCUT2D eigenvalue weighted by atomic mass is 9.96. The molecule has 0 radical (unpaired) electrons. The van der Waals surface area contributed by atoms with Gasteiger partial charge in [0.05, 0.1) is 29.2 Å². The van der Waals surface area contributed by atoms with Crippen molar-refractivity contribution in [1.29, 1.82) is 0 Å². The molecule has 0 aliphatic carbocycles. The van der Waals surface area contributed by atoms with E-state index in [4.69, 9.17) is 14.2 Å².